The summed E-state index contributed by atoms with van der Waals surface area (Å²) in [6, 6.07) is 0.346. The molecule has 0 spiro atoms. The molecule has 1 aliphatic carbocycles. The molecule has 2 aliphatic rings. The van der Waals surface area contributed by atoms with Crippen LogP contribution < -0.4 is 16.0 Å². The zero-order valence-corrected chi connectivity index (χ0v) is 15.5. The molecule has 1 heterocycles. The van der Waals surface area contributed by atoms with E-state index < -0.39 is 0 Å². The molecule has 1 saturated carbocycles. The molecular weight excluding hydrogens is 320 g/mol. The average molecular weight is 354 g/mol. The lowest BCUT2D eigenvalue weighted by molar-refractivity contribution is -0.120. The van der Waals surface area contributed by atoms with Crippen molar-refractivity contribution >= 4 is 11.9 Å². The number of hydrogen-bond acceptors (Lipinski definition) is 4. The van der Waals surface area contributed by atoms with Crippen molar-refractivity contribution in [2.75, 3.05) is 40.0 Å². The average Bonchev–Trinajstić information content (AvgIpc) is 3.15. The van der Waals surface area contributed by atoms with Crippen molar-refractivity contribution in [1.82, 2.24) is 16.0 Å². The van der Waals surface area contributed by atoms with Crippen LogP contribution in [0.1, 0.15) is 51.4 Å². The molecule has 7 nitrogen and oxygen atoms in total. The van der Waals surface area contributed by atoms with Gasteiger partial charge in [-0.3, -0.25) is 9.79 Å². The van der Waals surface area contributed by atoms with Gasteiger partial charge in [-0.25, -0.2) is 0 Å². The Morgan fingerprint density at radius 2 is 2.00 bits per heavy atom. The fraction of sp³-hybridized carbons (Fsp3) is 0.889. The molecule has 1 atom stereocenters. The number of carbonyl (C=O) groups is 1. The highest BCUT2D eigenvalue weighted by Gasteiger charge is 2.16. The van der Waals surface area contributed by atoms with Crippen LogP contribution in [0.5, 0.6) is 0 Å². The van der Waals surface area contributed by atoms with Crippen LogP contribution in [0, 0.1) is 0 Å². The molecule has 0 aromatic heterocycles. The van der Waals surface area contributed by atoms with Crippen LogP contribution in [0.4, 0.5) is 0 Å². The summed E-state index contributed by atoms with van der Waals surface area (Å²) < 4.78 is 11.1. The number of nitrogens with one attached hydrogen (secondary N) is 3. The molecule has 7 heteroatoms. The van der Waals surface area contributed by atoms with Gasteiger partial charge in [0.2, 0.25) is 5.91 Å². The zero-order chi connectivity index (χ0) is 17.7. The zero-order valence-electron chi connectivity index (χ0n) is 15.5. The van der Waals surface area contributed by atoms with Crippen LogP contribution in [0.25, 0.3) is 0 Å². The van der Waals surface area contributed by atoms with Crippen molar-refractivity contribution in [3.05, 3.63) is 0 Å². The van der Waals surface area contributed by atoms with Crippen molar-refractivity contribution in [3.63, 3.8) is 0 Å². The number of ether oxygens (including phenoxy) is 2. The minimum Gasteiger partial charge on any atom is -0.379 e. The summed E-state index contributed by atoms with van der Waals surface area (Å²) >= 11 is 0. The van der Waals surface area contributed by atoms with Crippen molar-refractivity contribution < 1.29 is 14.3 Å². The topological polar surface area (TPSA) is 84.0 Å². The standard InChI is InChI=1S/C18H34N4O3/c1-19-18(20-10-6-11-24-14-16-9-5-12-25-16)21-13-17(23)22-15-7-3-2-4-8-15/h15-16H,2-14H2,1H3,(H,22,23)(H2,19,20,21). The molecule has 1 unspecified atom stereocenters. The number of amides is 1. The lowest BCUT2D eigenvalue weighted by atomic mass is 9.95. The highest BCUT2D eigenvalue weighted by Crippen LogP contribution is 2.17. The quantitative estimate of drug-likeness (QED) is 0.329. The first-order valence-corrected chi connectivity index (χ1v) is 9.71. The second-order valence-corrected chi connectivity index (χ2v) is 6.82. The third-order valence-electron chi connectivity index (χ3n) is 4.70. The van der Waals surface area contributed by atoms with Gasteiger partial charge in [0.05, 0.1) is 19.3 Å². The highest BCUT2D eigenvalue weighted by molar-refractivity contribution is 5.86. The van der Waals surface area contributed by atoms with Crippen LogP contribution in [-0.2, 0) is 14.3 Å². The molecule has 2 rings (SSSR count). The van der Waals surface area contributed by atoms with Gasteiger partial charge in [0.15, 0.2) is 5.96 Å². The summed E-state index contributed by atoms with van der Waals surface area (Å²) in [6.07, 6.45) is 9.36. The van der Waals surface area contributed by atoms with Crippen LogP contribution in [0.3, 0.4) is 0 Å². The predicted molar refractivity (Wildman–Crippen MR) is 98.8 cm³/mol. The predicted octanol–water partition coefficient (Wildman–Crippen LogP) is 1.19. The van der Waals surface area contributed by atoms with Gasteiger partial charge in [0.1, 0.15) is 0 Å². The molecule has 0 aromatic rings. The Labute approximate surface area is 151 Å². The van der Waals surface area contributed by atoms with E-state index in [-0.39, 0.29) is 18.6 Å². The Kier molecular flexibility index (Phi) is 9.66. The maximum atomic E-state index is 12.0. The SMILES string of the molecule is CN=C(NCCCOCC1CCCO1)NCC(=O)NC1CCCCC1. The van der Waals surface area contributed by atoms with Crippen molar-refractivity contribution in [2.24, 2.45) is 4.99 Å². The lowest BCUT2D eigenvalue weighted by Crippen LogP contribution is -2.46. The smallest absolute Gasteiger partial charge is 0.239 e. The van der Waals surface area contributed by atoms with E-state index in [1.165, 1.54) is 19.3 Å². The van der Waals surface area contributed by atoms with E-state index in [1.807, 2.05) is 0 Å². The summed E-state index contributed by atoms with van der Waals surface area (Å²) in [6.45, 7) is 3.27. The molecule has 144 valence electrons. The molecule has 1 saturated heterocycles. The van der Waals surface area contributed by atoms with Crippen molar-refractivity contribution in [2.45, 2.75) is 63.5 Å². The lowest BCUT2D eigenvalue weighted by Gasteiger charge is -2.23. The number of rotatable bonds is 9. The molecule has 3 N–H and O–H groups in total. The number of nitrogens with zero attached hydrogens (tertiary/aromatic N) is 1. The van der Waals surface area contributed by atoms with E-state index in [4.69, 9.17) is 9.47 Å². The van der Waals surface area contributed by atoms with Crippen LogP contribution >= 0.6 is 0 Å². The fourth-order valence-electron chi connectivity index (χ4n) is 3.28. The molecule has 1 amide bonds. The van der Waals surface area contributed by atoms with E-state index in [2.05, 4.69) is 20.9 Å². The van der Waals surface area contributed by atoms with E-state index in [9.17, 15) is 4.79 Å². The van der Waals surface area contributed by atoms with E-state index in [0.29, 0.717) is 25.2 Å². The molecule has 25 heavy (non-hydrogen) atoms. The van der Waals surface area contributed by atoms with Gasteiger partial charge in [-0.1, -0.05) is 19.3 Å². The van der Waals surface area contributed by atoms with Crippen LogP contribution in [0.15, 0.2) is 4.99 Å². The first-order chi connectivity index (χ1) is 12.3. The Hall–Kier alpha value is -1.34. The molecule has 1 aliphatic heterocycles. The largest absolute Gasteiger partial charge is 0.379 e. The second kappa shape index (κ2) is 12.1. The normalized spacial score (nSPS) is 22.0. The Morgan fingerprint density at radius 3 is 2.72 bits per heavy atom. The van der Waals surface area contributed by atoms with Gasteiger partial charge in [-0.15, -0.1) is 0 Å². The summed E-state index contributed by atoms with van der Waals surface area (Å²) in [5.74, 6) is 0.688. The van der Waals surface area contributed by atoms with E-state index in [0.717, 1.165) is 45.3 Å². The maximum absolute atomic E-state index is 12.0. The van der Waals surface area contributed by atoms with Gasteiger partial charge < -0.3 is 25.4 Å². The van der Waals surface area contributed by atoms with Gasteiger partial charge in [0.25, 0.3) is 0 Å². The Balaban J connectivity index is 1.47. The summed E-state index contributed by atoms with van der Waals surface area (Å²) in [4.78, 5) is 16.1. The summed E-state index contributed by atoms with van der Waals surface area (Å²) in [7, 11) is 1.71. The summed E-state index contributed by atoms with van der Waals surface area (Å²) in [5, 5.41) is 9.36. The van der Waals surface area contributed by atoms with Crippen molar-refractivity contribution in [1.29, 1.82) is 0 Å². The third-order valence-corrected chi connectivity index (χ3v) is 4.70. The maximum Gasteiger partial charge on any atom is 0.239 e. The van der Waals surface area contributed by atoms with Crippen LogP contribution in [-0.4, -0.2) is 64.0 Å². The monoisotopic (exact) mass is 354 g/mol. The minimum absolute atomic E-state index is 0.0368. The Bertz CT molecular complexity index is 405. The number of aliphatic imine (C=N–C) groups is 1. The Morgan fingerprint density at radius 1 is 1.16 bits per heavy atom. The van der Waals surface area contributed by atoms with Crippen molar-refractivity contribution in [3.8, 4) is 0 Å². The molecule has 0 aromatic carbocycles. The molecular formula is C18H34N4O3. The second-order valence-electron chi connectivity index (χ2n) is 6.82. The third kappa shape index (κ3) is 8.54. The number of hydrogen-bond donors (Lipinski definition) is 3. The fourth-order valence-corrected chi connectivity index (χ4v) is 3.28. The summed E-state index contributed by atoms with van der Waals surface area (Å²) in [5.41, 5.74) is 0. The first kappa shape index (κ1) is 20.0. The van der Waals surface area contributed by atoms with Gasteiger partial charge in [0, 0.05) is 32.8 Å². The van der Waals surface area contributed by atoms with E-state index in [1.54, 1.807) is 7.05 Å². The molecule has 0 bridgehead atoms. The van der Waals surface area contributed by atoms with Gasteiger partial charge in [-0.05, 0) is 32.1 Å². The number of guanidine groups is 1. The van der Waals surface area contributed by atoms with Gasteiger partial charge >= 0.3 is 0 Å². The minimum atomic E-state index is 0.0368. The van der Waals surface area contributed by atoms with Crippen LogP contribution in [0.2, 0.25) is 0 Å². The van der Waals surface area contributed by atoms with E-state index >= 15 is 0 Å². The highest BCUT2D eigenvalue weighted by atomic mass is 16.5. The first-order valence-electron chi connectivity index (χ1n) is 9.71. The number of carbonyl (C=O) groups excluding carboxylic acids is 1. The molecule has 2 fully saturated rings. The molecule has 0 radical (unpaired) electrons. The van der Waals surface area contributed by atoms with Gasteiger partial charge in [-0.2, -0.15) is 0 Å².